The summed E-state index contributed by atoms with van der Waals surface area (Å²) in [4.78, 5) is 15.7. The van der Waals surface area contributed by atoms with Gasteiger partial charge in [-0.1, -0.05) is 0 Å². The molecule has 0 spiro atoms. The van der Waals surface area contributed by atoms with Crippen LogP contribution in [0.15, 0.2) is 12.5 Å². The van der Waals surface area contributed by atoms with Crippen molar-refractivity contribution in [3.8, 4) is 0 Å². The van der Waals surface area contributed by atoms with Crippen LogP contribution >= 0.6 is 0 Å². The van der Waals surface area contributed by atoms with Crippen molar-refractivity contribution in [1.82, 2.24) is 14.9 Å². The Morgan fingerprint density at radius 2 is 2.14 bits per heavy atom. The number of imidazole rings is 1. The van der Waals surface area contributed by atoms with Gasteiger partial charge in [-0.3, -0.25) is 0 Å². The van der Waals surface area contributed by atoms with Gasteiger partial charge in [0.1, 0.15) is 5.60 Å². The van der Waals surface area contributed by atoms with Crippen molar-refractivity contribution in [2.45, 2.75) is 59.3 Å². The lowest BCUT2D eigenvalue weighted by molar-refractivity contribution is 0.0527. The van der Waals surface area contributed by atoms with Crippen LogP contribution in [0.25, 0.3) is 0 Å². The molecule has 1 rings (SSSR count). The third-order valence-electron chi connectivity index (χ3n) is 2.63. The van der Waals surface area contributed by atoms with Crippen LogP contribution in [0.2, 0.25) is 0 Å². The van der Waals surface area contributed by atoms with E-state index in [9.17, 15) is 4.79 Å². The Hall–Kier alpha value is -1.56. The Kier molecular flexibility index (Phi) is 6.68. The zero-order chi connectivity index (χ0) is 15.9. The van der Waals surface area contributed by atoms with Crippen molar-refractivity contribution in [3.63, 3.8) is 0 Å². The molecule has 0 aliphatic heterocycles. The molecule has 1 amide bonds. The van der Waals surface area contributed by atoms with Crippen LogP contribution in [0.1, 0.15) is 40.3 Å². The van der Waals surface area contributed by atoms with Crippen molar-refractivity contribution in [1.29, 1.82) is 0 Å². The molecule has 1 N–H and O–H groups in total. The van der Waals surface area contributed by atoms with Crippen LogP contribution < -0.4 is 5.32 Å². The highest BCUT2D eigenvalue weighted by molar-refractivity contribution is 5.67. The fraction of sp³-hybridized carbons (Fsp3) is 0.733. The van der Waals surface area contributed by atoms with Gasteiger partial charge in [-0.2, -0.15) is 0 Å². The molecule has 0 aliphatic carbocycles. The van der Waals surface area contributed by atoms with Gasteiger partial charge in [0.05, 0.1) is 19.0 Å². The summed E-state index contributed by atoms with van der Waals surface area (Å²) in [6.45, 7) is 11.5. The normalized spacial score (nSPS) is 11.7. The number of alkyl carbamates (subject to hydrolysis) is 1. The second-order valence-electron chi connectivity index (χ2n) is 6.18. The summed E-state index contributed by atoms with van der Waals surface area (Å²) in [6, 6.07) is 0. The number of hydrogen-bond acceptors (Lipinski definition) is 4. The summed E-state index contributed by atoms with van der Waals surface area (Å²) in [5, 5.41) is 2.75. The van der Waals surface area contributed by atoms with Crippen molar-refractivity contribution in [3.05, 3.63) is 18.2 Å². The predicted molar refractivity (Wildman–Crippen MR) is 81.3 cm³/mol. The number of nitrogens with one attached hydrogen (secondary N) is 1. The molecule has 1 aromatic rings. The molecule has 0 unspecified atom stereocenters. The fourth-order valence-electron chi connectivity index (χ4n) is 1.75. The highest BCUT2D eigenvalue weighted by atomic mass is 16.6. The van der Waals surface area contributed by atoms with E-state index >= 15 is 0 Å². The molecule has 0 aliphatic rings. The molecule has 0 bridgehead atoms. The van der Waals surface area contributed by atoms with Crippen LogP contribution in [0.4, 0.5) is 4.79 Å². The van der Waals surface area contributed by atoms with E-state index in [1.807, 2.05) is 45.4 Å². The average molecular weight is 297 g/mol. The number of hydrogen-bond donors (Lipinski definition) is 1. The number of aromatic nitrogens is 2. The molecular weight excluding hydrogens is 270 g/mol. The molecule has 0 radical (unpaired) electrons. The van der Waals surface area contributed by atoms with Gasteiger partial charge in [-0.25, -0.2) is 9.78 Å². The number of nitrogens with zero attached hydrogens (tertiary/aromatic N) is 2. The fourth-order valence-corrected chi connectivity index (χ4v) is 1.75. The van der Waals surface area contributed by atoms with Crippen molar-refractivity contribution >= 4 is 6.09 Å². The maximum absolute atomic E-state index is 11.5. The first-order chi connectivity index (χ1) is 9.78. The van der Waals surface area contributed by atoms with Gasteiger partial charge in [0.25, 0.3) is 0 Å². The molecule has 6 nitrogen and oxygen atoms in total. The molecule has 21 heavy (non-hydrogen) atoms. The van der Waals surface area contributed by atoms with E-state index in [0.717, 1.165) is 12.2 Å². The second kappa shape index (κ2) is 8.02. The number of rotatable bonds is 7. The number of carbonyl (C=O) groups excluding carboxylic acids is 1. The third kappa shape index (κ3) is 7.70. The van der Waals surface area contributed by atoms with Gasteiger partial charge in [0.15, 0.2) is 0 Å². The lowest BCUT2D eigenvalue weighted by Crippen LogP contribution is -2.33. The number of amides is 1. The summed E-state index contributed by atoms with van der Waals surface area (Å²) in [5.74, 6) is 0. The Morgan fingerprint density at radius 3 is 2.76 bits per heavy atom. The zero-order valence-electron chi connectivity index (χ0n) is 13.7. The van der Waals surface area contributed by atoms with Gasteiger partial charge < -0.3 is 19.4 Å². The van der Waals surface area contributed by atoms with Gasteiger partial charge in [-0.05, 0) is 34.6 Å². The molecule has 120 valence electrons. The standard InChI is InChI=1S/C15H27N3O3/c1-12(2)20-9-8-18-11-16-10-13(18)6-7-17-14(19)21-15(3,4)5/h10-12H,6-9H2,1-5H3,(H,17,19). The van der Waals surface area contributed by atoms with Crippen molar-refractivity contribution in [2.24, 2.45) is 0 Å². The van der Waals surface area contributed by atoms with Gasteiger partial charge >= 0.3 is 6.09 Å². The Balaban J connectivity index is 2.32. The Labute approximate surface area is 126 Å². The minimum atomic E-state index is -0.472. The van der Waals surface area contributed by atoms with E-state index in [4.69, 9.17) is 9.47 Å². The summed E-state index contributed by atoms with van der Waals surface area (Å²) < 4.78 is 12.8. The number of ether oxygens (including phenoxy) is 2. The summed E-state index contributed by atoms with van der Waals surface area (Å²) in [6.07, 6.45) is 4.14. The molecule has 1 aromatic heterocycles. The van der Waals surface area contributed by atoms with E-state index in [0.29, 0.717) is 19.6 Å². The molecule has 1 heterocycles. The van der Waals surface area contributed by atoms with Crippen LogP contribution in [-0.2, 0) is 22.4 Å². The molecule has 0 saturated carbocycles. The van der Waals surface area contributed by atoms with Gasteiger partial charge in [0.2, 0.25) is 0 Å². The first-order valence-corrected chi connectivity index (χ1v) is 7.35. The van der Waals surface area contributed by atoms with Crippen molar-refractivity contribution in [2.75, 3.05) is 13.2 Å². The molecule has 6 heteroatoms. The van der Waals surface area contributed by atoms with Crippen LogP contribution in [0.5, 0.6) is 0 Å². The maximum Gasteiger partial charge on any atom is 0.407 e. The third-order valence-corrected chi connectivity index (χ3v) is 2.63. The topological polar surface area (TPSA) is 65.4 Å². The summed E-state index contributed by atoms with van der Waals surface area (Å²) >= 11 is 0. The number of carbonyl (C=O) groups is 1. The molecule has 0 saturated heterocycles. The monoisotopic (exact) mass is 297 g/mol. The van der Waals surface area contributed by atoms with E-state index in [1.54, 1.807) is 6.33 Å². The largest absolute Gasteiger partial charge is 0.444 e. The summed E-state index contributed by atoms with van der Waals surface area (Å²) in [7, 11) is 0. The zero-order valence-corrected chi connectivity index (χ0v) is 13.7. The molecule has 0 aromatic carbocycles. The molecule has 0 fully saturated rings. The van der Waals surface area contributed by atoms with E-state index < -0.39 is 11.7 Å². The van der Waals surface area contributed by atoms with Crippen molar-refractivity contribution < 1.29 is 14.3 Å². The molecule has 0 atom stereocenters. The lowest BCUT2D eigenvalue weighted by Gasteiger charge is -2.19. The smallest absolute Gasteiger partial charge is 0.407 e. The Morgan fingerprint density at radius 1 is 1.43 bits per heavy atom. The lowest BCUT2D eigenvalue weighted by atomic mass is 10.2. The maximum atomic E-state index is 11.5. The minimum Gasteiger partial charge on any atom is -0.444 e. The molecular formula is C15H27N3O3. The summed E-state index contributed by atoms with van der Waals surface area (Å²) in [5.41, 5.74) is 0.596. The van der Waals surface area contributed by atoms with E-state index in [2.05, 4.69) is 10.3 Å². The highest BCUT2D eigenvalue weighted by Gasteiger charge is 2.15. The van der Waals surface area contributed by atoms with E-state index in [-0.39, 0.29) is 6.10 Å². The SMILES string of the molecule is CC(C)OCCn1cncc1CCNC(=O)OC(C)(C)C. The highest BCUT2D eigenvalue weighted by Crippen LogP contribution is 2.06. The minimum absolute atomic E-state index is 0.228. The van der Waals surface area contributed by atoms with Gasteiger partial charge in [-0.15, -0.1) is 0 Å². The quantitative estimate of drug-likeness (QED) is 0.839. The van der Waals surface area contributed by atoms with Crippen LogP contribution in [0, 0.1) is 0 Å². The second-order valence-corrected chi connectivity index (χ2v) is 6.18. The first-order valence-electron chi connectivity index (χ1n) is 7.35. The van der Waals surface area contributed by atoms with Crippen LogP contribution in [0.3, 0.4) is 0 Å². The predicted octanol–water partition coefficient (Wildman–Crippen LogP) is 2.38. The van der Waals surface area contributed by atoms with Gasteiger partial charge in [0, 0.05) is 31.4 Å². The Bertz CT molecular complexity index is 436. The van der Waals surface area contributed by atoms with E-state index in [1.165, 1.54) is 0 Å². The first kappa shape index (κ1) is 17.5. The van der Waals surface area contributed by atoms with Crippen LogP contribution in [-0.4, -0.2) is 40.5 Å². The average Bonchev–Trinajstić information content (AvgIpc) is 2.74.